The molecule has 0 aliphatic carbocycles. The Balaban J connectivity index is 1.52. The Kier molecular flexibility index (Phi) is 6.47. The molecule has 1 aliphatic rings. The van der Waals surface area contributed by atoms with Crippen molar-refractivity contribution in [3.05, 3.63) is 60.2 Å². The first kappa shape index (κ1) is 22.1. The standard InChI is InChI=1S/C21H20F3N3O4/c1-13(14-5-3-2-4-6-14)27-19(29)17(26-20(27)30)11-12-18(28)25-15-7-9-16(10-8-15)31-21(22,23)24/h2-10,13,17H,11-12H2,1H3,(H,25,28)(H,26,30). The fourth-order valence-corrected chi connectivity index (χ4v) is 3.23. The van der Waals surface area contributed by atoms with Crippen LogP contribution in [0.4, 0.5) is 23.7 Å². The van der Waals surface area contributed by atoms with Crippen LogP contribution >= 0.6 is 0 Å². The molecule has 3 rings (SSSR count). The maximum atomic E-state index is 12.7. The van der Waals surface area contributed by atoms with Gasteiger partial charge >= 0.3 is 12.4 Å². The molecule has 2 unspecified atom stereocenters. The highest BCUT2D eigenvalue weighted by atomic mass is 19.4. The van der Waals surface area contributed by atoms with E-state index >= 15 is 0 Å². The highest BCUT2D eigenvalue weighted by molar-refractivity contribution is 6.05. The molecular weight excluding hydrogens is 415 g/mol. The molecule has 1 fully saturated rings. The van der Waals surface area contributed by atoms with Crippen molar-refractivity contribution in [2.24, 2.45) is 0 Å². The van der Waals surface area contributed by atoms with Gasteiger partial charge in [-0.15, -0.1) is 13.2 Å². The van der Waals surface area contributed by atoms with Crippen molar-refractivity contribution in [1.29, 1.82) is 0 Å². The number of carbonyl (C=O) groups excluding carboxylic acids is 3. The smallest absolute Gasteiger partial charge is 0.406 e. The summed E-state index contributed by atoms with van der Waals surface area (Å²) in [5.41, 5.74) is 1.09. The van der Waals surface area contributed by atoms with Crippen molar-refractivity contribution in [3.63, 3.8) is 0 Å². The van der Waals surface area contributed by atoms with Gasteiger partial charge in [-0.05, 0) is 43.2 Å². The van der Waals surface area contributed by atoms with Crippen molar-refractivity contribution < 1.29 is 32.3 Å². The molecule has 0 spiro atoms. The molecule has 0 aromatic heterocycles. The number of carbonyl (C=O) groups is 3. The van der Waals surface area contributed by atoms with E-state index in [1.54, 1.807) is 6.92 Å². The molecular formula is C21H20F3N3O4. The predicted octanol–water partition coefficient (Wildman–Crippen LogP) is 3.99. The average Bonchev–Trinajstić information content (AvgIpc) is 3.00. The SMILES string of the molecule is CC(c1ccccc1)N1C(=O)NC(CCC(=O)Nc2ccc(OC(F)(F)F)cc2)C1=O. The molecule has 2 atom stereocenters. The van der Waals surface area contributed by atoms with Crippen LogP contribution < -0.4 is 15.4 Å². The normalized spacial score (nSPS) is 17.3. The maximum Gasteiger partial charge on any atom is 0.573 e. The number of nitrogens with one attached hydrogen (secondary N) is 2. The molecule has 31 heavy (non-hydrogen) atoms. The minimum absolute atomic E-state index is 0.0644. The topological polar surface area (TPSA) is 87.7 Å². The Bertz CT molecular complexity index is 949. The van der Waals surface area contributed by atoms with E-state index < -0.39 is 42.0 Å². The first-order chi connectivity index (χ1) is 14.6. The fraction of sp³-hybridized carbons (Fsp3) is 0.286. The van der Waals surface area contributed by atoms with Crippen LogP contribution in [0, 0.1) is 0 Å². The molecule has 0 saturated carbocycles. The van der Waals surface area contributed by atoms with Gasteiger partial charge in [0.2, 0.25) is 5.91 Å². The summed E-state index contributed by atoms with van der Waals surface area (Å²) in [5.74, 6) is -1.26. The first-order valence-corrected chi connectivity index (χ1v) is 9.48. The molecule has 0 bridgehead atoms. The van der Waals surface area contributed by atoms with E-state index in [0.717, 1.165) is 22.6 Å². The average molecular weight is 435 g/mol. The summed E-state index contributed by atoms with van der Waals surface area (Å²) in [5, 5.41) is 5.12. The number of rotatable bonds is 7. The second kappa shape index (κ2) is 9.07. The molecule has 4 amide bonds. The monoisotopic (exact) mass is 435 g/mol. The van der Waals surface area contributed by atoms with E-state index in [-0.39, 0.29) is 18.5 Å². The van der Waals surface area contributed by atoms with Gasteiger partial charge in [-0.3, -0.25) is 14.5 Å². The number of anilines is 1. The number of urea groups is 1. The first-order valence-electron chi connectivity index (χ1n) is 9.48. The van der Waals surface area contributed by atoms with Crippen molar-refractivity contribution >= 4 is 23.5 Å². The van der Waals surface area contributed by atoms with Crippen molar-refractivity contribution in [1.82, 2.24) is 10.2 Å². The lowest BCUT2D eigenvalue weighted by molar-refractivity contribution is -0.274. The minimum Gasteiger partial charge on any atom is -0.406 e. The molecule has 10 heteroatoms. The number of nitrogens with zero attached hydrogens (tertiary/aromatic N) is 1. The Labute approximate surface area is 176 Å². The maximum absolute atomic E-state index is 12.7. The lowest BCUT2D eigenvalue weighted by Crippen LogP contribution is -2.34. The largest absolute Gasteiger partial charge is 0.573 e. The number of halogens is 3. The number of imide groups is 1. The fourth-order valence-electron chi connectivity index (χ4n) is 3.23. The lowest BCUT2D eigenvalue weighted by Gasteiger charge is -2.21. The van der Waals surface area contributed by atoms with Gasteiger partial charge in [-0.1, -0.05) is 30.3 Å². The Morgan fingerprint density at radius 1 is 1.13 bits per heavy atom. The number of hydrogen-bond acceptors (Lipinski definition) is 4. The van der Waals surface area contributed by atoms with Gasteiger partial charge in [0, 0.05) is 12.1 Å². The van der Waals surface area contributed by atoms with Gasteiger partial charge in [-0.25, -0.2) is 4.79 Å². The molecule has 164 valence electrons. The number of amides is 4. The highest BCUT2D eigenvalue weighted by Crippen LogP contribution is 2.26. The van der Waals surface area contributed by atoms with Crippen LogP contribution in [0.2, 0.25) is 0 Å². The molecule has 7 nitrogen and oxygen atoms in total. The third kappa shape index (κ3) is 5.74. The van der Waals surface area contributed by atoms with Gasteiger partial charge in [0.25, 0.3) is 5.91 Å². The van der Waals surface area contributed by atoms with Gasteiger partial charge in [-0.2, -0.15) is 0 Å². The number of hydrogen-bond donors (Lipinski definition) is 2. The highest BCUT2D eigenvalue weighted by Gasteiger charge is 2.40. The molecule has 2 aromatic rings. The van der Waals surface area contributed by atoms with E-state index in [9.17, 15) is 27.6 Å². The zero-order valence-electron chi connectivity index (χ0n) is 16.5. The van der Waals surface area contributed by atoms with Gasteiger partial charge < -0.3 is 15.4 Å². The van der Waals surface area contributed by atoms with Gasteiger partial charge in [0.15, 0.2) is 0 Å². The summed E-state index contributed by atoms with van der Waals surface area (Å²) in [7, 11) is 0. The Morgan fingerprint density at radius 3 is 2.39 bits per heavy atom. The minimum atomic E-state index is -4.80. The van der Waals surface area contributed by atoms with Gasteiger partial charge in [0.05, 0.1) is 6.04 Å². The second-order valence-corrected chi connectivity index (χ2v) is 6.96. The van der Waals surface area contributed by atoms with E-state index in [4.69, 9.17) is 0 Å². The van der Waals surface area contributed by atoms with Crippen molar-refractivity contribution in [2.45, 2.75) is 38.2 Å². The summed E-state index contributed by atoms with van der Waals surface area (Å²) < 4.78 is 40.3. The van der Waals surface area contributed by atoms with E-state index in [1.807, 2.05) is 30.3 Å². The van der Waals surface area contributed by atoms with Gasteiger partial charge in [0.1, 0.15) is 11.8 Å². The Hall–Kier alpha value is -3.56. The van der Waals surface area contributed by atoms with Crippen LogP contribution in [0.25, 0.3) is 0 Å². The van der Waals surface area contributed by atoms with E-state index in [2.05, 4.69) is 15.4 Å². The molecule has 1 aliphatic heterocycles. The van der Waals surface area contributed by atoms with Crippen LogP contribution in [0.3, 0.4) is 0 Å². The molecule has 1 heterocycles. The second-order valence-electron chi connectivity index (χ2n) is 6.96. The van der Waals surface area contributed by atoms with Crippen LogP contribution in [-0.2, 0) is 9.59 Å². The summed E-state index contributed by atoms with van der Waals surface area (Å²) >= 11 is 0. The zero-order valence-corrected chi connectivity index (χ0v) is 16.5. The number of ether oxygens (including phenoxy) is 1. The lowest BCUT2D eigenvalue weighted by atomic mass is 10.1. The molecule has 0 radical (unpaired) electrons. The quantitative estimate of drug-likeness (QED) is 0.644. The third-order valence-electron chi connectivity index (χ3n) is 4.75. The molecule has 2 aromatic carbocycles. The van der Waals surface area contributed by atoms with Crippen LogP contribution in [-0.4, -0.2) is 35.1 Å². The van der Waals surface area contributed by atoms with Crippen LogP contribution in [0.15, 0.2) is 54.6 Å². The molecule has 2 N–H and O–H groups in total. The summed E-state index contributed by atoms with van der Waals surface area (Å²) in [6.07, 6.45) is -4.77. The van der Waals surface area contributed by atoms with Crippen molar-refractivity contribution in [2.75, 3.05) is 5.32 Å². The van der Waals surface area contributed by atoms with Crippen LogP contribution in [0.5, 0.6) is 5.75 Å². The van der Waals surface area contributed by atoms with E-state index in [1.165, 1.54) is 12.1 Å². The Morgan fingerprint density at radius 2 is 1.77 bits per heavy atom. The predicted molar refractivity (Wildman–Crippen MR) is 105 cm³/mol. The summed E-state index contributed by atoms with van der Waals surface area (Å²) in [4.78, 5) is 38.2. The third-order valence-corrected chi connectivity index (χ3v) is 4.75. The van der Waals surface area contributed by atoms with E-state index in [0.29, 0.717) is 0 Å². The van der Waals surface area contributed by atoms with Crippen molar-refractivity contribution in [3.8, 4) is 5.75 Å². The molecule has 1 saturated heterocycles. The summed E-state index contributed by atoms with van der Waals surface area (Å²) in [6.45, 7) is 1.74. The summed E-state index contributed by atoms with van der Waals surface area (Å²) in [6, 6.07) is 12.0. The number of alkyl halides is 3. The number of benzene rings is 2. The zero-order chi connectivity index (χ0) is 22.6. The van der Waals surface area contributed by atoms with Crippen LogP contribution in [0.1, 0.15) is 31.4 Å².